The lowest BCUT2D eigenvalue weighted by Crippen LogP contribution is -2.37. The molecule has 5 rings (SSSR count). The molecular formula is C24H20N2O4. The van der Waals surface area contributed by atoms with Gasteiger partial charge in [0.15, 0.2) is 6.10 Å². The number of hydroxylamine groups is 1. The molecule has 6 heteroatoms. The van der Waals surface area contributed by atoms with Crippen LogP contribution in [0.1, 0.15) is 11.6 Å². The van der Waals surface area contributed by atoms with Crippen LogP contribution in [0, 0.1) is 5.92 Å². The summed E-state index contributed by atoms with van der Waals surface area (Å²) < 4.78 is 5.38. The van der Waals surface area contributed by atoms with E-state index >= 15 is 0 Å². The minimum atomic E-state index is -0.880. The van der Waals surface area contributed by atoms with Crippen LogP contribution in [0.15, 0.2) is 84.9 Å². The zero-order valence-electron chi connectivity index (χ0n) is 16.3. The van der Waals surface area contributed by atoms with E-state index in [1.165, 1.54) is 4.90 Å². The van der Waals surface area contributed by atoms with Gasteiger partial charge in [0.1, 0.15) is 11.7 Å². The molecule has 0 saturated carbocycles. The van der Waals surface area contributed by atoms with Crippen LogP contribution < -0.4 is 14.7 Å². The fourth-order valence-electron chi connectivity index (χ4n) is 4.21. The Bertz CT molecular complexity index is 1090. The van der Waals surface area contributed by atoms with Crippen molar-refractivity contribution in [2.24, 2.45) is 5.92 Å². The number of hydrogen-bond donors (Lipinski definition) is 0. The summed E-state index contributed by atoms with van der Waals surface area (Å²) in [5.74, 6) is -0.587. The molecule has 3 atom stereocenters. The Morgan fingerprint density at radius 3 is 2.13 bits per heavy atom. The Kier molecular flexibility index (Phi) is 4.48. The maximum absolute atomic E-state index is 13.5. The van der Waals surface area contributed by atoms with Crippen LogP contribution in [0.5, 0.6) is 5.75 Å². The van der Waals surface area contributed by atoms with Gasteiger partial charge in [-0.05, 0) is 42.0 Å². The number of imide groups is 1. The molecule has 6 nitrogen and oxygen atoms in total. The highest BCUT2D eigenvalue weighted by Gasteiger charge is 2.60. The van der Waals surface area contributed by atoms with Crippen molar-refractivity contribution in [2.75, 3.05) is 17.1 Å². The number of rotatable bonds is 4. The number of benzene rings is 3. The van der Waals surface area contributed by atoms with Crippen molar-refractivity contribution in [3.8, 4) is 5.75 Å². The average molecular weight is 400 g/mol. The van der Waals surface area contributed by atoms with E-state index in [2.05, 4.69) is 0 Å². The Morgan fingerprint density at radius 1 is 0.800 bits per heavy atom. The number of ether oxygens (including phenoxy) is 1. The lowest BCUT2D eigenvalue weighted by atomic mass is 9.90. The van der Waals surface area contributed by atoms with Gasteiger partial charge in [-0.1, -0.05) is 48.5 Å². The number of carbonyl (C=O) groups excluding carboxylic acids is 2. The van der Waals surface area contributed by atoms with Gasteiger partial charge in [0, 0.05) is 0 Å². The highest BCUT2D eigenvalue weighted by molar-refractivity contribution is 6.23. The molecule has 0 radical (unpaired) electrons. The molecule has 0 aromatic heterocycles. The fourth-order valence-corrected chi connectivity index (χ4v) is 4.21. The maximum atomic E-state index is 13.5. The first-order valence-corrected chi connectivity index (χ1v) is 9.77. The van der Waals surface area contributed by atoms with Gasteiger partial charge in [-0.15, -0.1) is 0 Å². The fraction of sp³-hybridized carbons (Fsp3) is 0.167. The van der Waals surface area contributed by atoms with Crippen molar-refractivity contribution in [1.29, 1.82) is 0 Å². The molecule has 0 spiro atoms. The smallest absolute Gasteiger partial charge is 0.266 e. The third-order valence-corrected chi connectivity index (χ3v) is 5.58. The molecule has 0 unspecified atom stereocenters. The van der Waals surface area contributed by atoms with Crippen molar-refractivity contribution < 1.29 is 19.2 Å². The second-order valence-corrected chi connectivity index (χ2v) is 7.28. The van der Waals surface area contributed by atoms with E-state index in [4.69, 9.17) is 9.57 Å². The molecule has 150 valence electrons. The molecule has 2 heterocycles. The molecule has 0 aliphatic carbocycles. The van der Waals surface area contributed by atoms with Crippen LogP contribution >= 0.6 is 0 Å². The van der Waals surface area contributed by atoms with Crippen molar-refractivity contribution >= 4 is 23.2 Å². The number of hydrogen-bond acceptors (Lipinski definition) is 5. The predicted octanol–water partition coefficient (Wildman–Crippen LogP) is 3.75. The predicted molar refractivity (Wildman–Crippen MR) is 112 cm³/mol. The van der Waals surface area contributed by atoms with Crippen LogP contribution in [0.4, 0.5) is 11.4 Å². The van der Waals surface area contributed by atoms with Gasteiger partial charge >= 0.3 is 0 Å². The van der Waals surface area contributed by atoms with Gasteiger partial charge in [0.2, 0.25) is 5.91 Å². The lowest BCUT2D eigenvalue weighted by molar-refractivity contribution is -0.126. The van der Waals surface area contributed by atoms with E-state index < -0.39 is 18.1 Å². The SMILES string of the molecule is COc1cccc([C@@H]2[C@H]3C(=O)N(c4ccccc4)C(=O)[C@H]3ON2c2ccccc2)c1. The van der Waals surface area contributed by atoms with E-state index in [-0.39, 0.29) is 11.8 Å². The molecule has 2 aliphatic heterocycles. The number of para-hydroxylation sites is 2. The molecule has 0 N–H and O–H groups in total. The summed E-state index contributed by atoms with van der Waals surface area (Å²) in [5, 5.41) is 1.68. The molecular weight excluding hydrogens is 380 g/mol. The number of anilines is 2. The summed E-state index contributed by atoms with van der Waals surface area (Å²) in [5.41, 5.74) is 2.19. The maximum Gasteiger partial charge on any atom is 0.266 e. The summed E-state index contributed by atoms with van der Waals surface area (Å²) in [6.45, 7) is 0. The molecule has 0 bridgehead atoms. The van der Waals surface area contributed by atoms with Gasteiger partial charge < -0.3 is 4.74 Å². The van der Waals surface area contributed by atoms with E-state index in [0.717, 1.165) is 11.3 Å². The van der Waals surface area contributed by atoms with Crippen LogP contribution in [0.25, 0.3) is 0 Å². The van der Waals surface area contributed by atoms with Gasteiger partial charge in [0.05, 0.1) is 24.5 Å². The lowest BCUT2D eigenvalue weighted by Gasteiger charge is -2.29. The van der Waals surface area contributed by atoms with Crippen LogP contribution in [0.2, 0.25) is 0 Å². The zero-order chi connectivity index (χ0) is 20.7. The highest BCUT2D eigenvalue weighted by atomic mass is 16.7. The molecule has 2 aliphatic rings. The van der Waals surface area contributed by atoms with Crippen molar-refractivity contribution in [1.82, 2.24) is 0 Å². The molecule has 3 aromatic carbocycles. The summed E-state index contributed by atoms with van der Waals surface area (Å²) >= 11 is 0. The molecule has 2 amide bonds. The Balaban J connectivity index is 1.60. The van der Waals surface area contributed by atoms with Gasteiger partial charge in [-0.25, -0.2) is 9.96 Å². The molecule has 3 aromatic rings. The zero-order valence-corrected chi connectivity index (χ0v) is 16.3. The number of nitrogens with zero attached hydrogens (tertiary/aromatic N) is 2. The van der Waals surface area contributed by atoms with Crippen LogP contribution in [0.3, 0.4) is 0 Å². The van der Waals surface area contributed by atoms with E-state index in [1.807, 2.05) is 60.7 Å². The second-order valence-electron chi connectivity index (χ2n) is 7.28. The first kappa shape index (κ1) is 18.4. The quantitative estimate of drug-likeness (QED) is 0.625. The monoisotopic (exact) mass is 400 g/mol. The number of carbonyl (C=O) groups is 2. The highest BCUT2D eigenvalue weighted by Crippen LogP contribution is 2.47. The van der Waals surface area contributed by atoms with Gasteiger partial charge in [-0.2, -0.15) is 0 Å². The second kappa shape index (κ2) is 7.31. The number of amides is 2. The Hall–Kier alpha value is -3.64. The Labute approximate surface area is 174 Å². The van der Waals surface area contributed by atoms with E-state index in [0.29, 0.717) is 11.4 Å². The normalized spacial score (nSPS) is 23.0. The number of methoxy groups -OCH3 is 1. The largest absolute Gasteiger partial charge is 0.497 e. The van der Waals surface area contributed by atoms with Crippen molar-refractivity contribution in [3.05, 3.63) is 90.5 Å². The first-order valence-electron chi connectivity index (χ1n) is 9.77. The third-order valence-electron chi connectivity index (χ3n) is 5.58. The molecule has 2 fully saturated rings. The topological polar surface area (TPSA) is 59.1 Å². The minimum Gasteiger partial charge on any atom is -0.497 e. The van der Waals surface area contributed by atoms with E-state index in [9.17, 15) is 9.59 Å². The van der Waals surface area contributed by atoms with Crippen LogP contribution in [-0.4, -0.2) is 25.0 Å². The first-order chi connectivity index (χ1) is 14.7. The van der Waals surface area contributed by atoms with E-state index in [1.54, 1.807) is 36.4 Å². The van der Waals surface area contributed by atoms with Crippen molar-refractivity contribution in [3.63, 3.8) is 0 Å². The summed E-state index contributed by atoms with van der Waals surface area (Å²) in [7, 11) is 1.60. The summed E-state index contributed by atoms with van der Waals surface area (Å²) in [6, 6.07) is 25.6. The van der Waals surface area contributed by atoms with Gasteiger partial charge in [-0.3, -0.25) is 14.4 Å². The molecule has 2 saturated heterocycles. The molecule has 30 heavy (non-hydrogen) atoms. The van der Waals surface area contributed by atoms with Crippen molar-refractivity contribution in [2.45, 2.75) is 12.1 Å². The summed E-state index contributed by atoms with van der Waals surface area (Å²) in [6.07, 6.45) is -0.880. The standard InChI is InChI=1S/C24H20N2O4/c1-29-19-14-8-9-16(15-19)21-20-22(30-26(21)18-12-6-3-7-13-18)24(28)25(23(20)27)17-10-4-2-5-11-17/h2-15,20-22H,1H3/t20-,21-,22+/m1/s1. The summed E-state index contributed by atoms with van der Waals surface area (Å²) in [4.78, 5) is 34.1. The number of fused-ring (bicyclic) bond motifs is 1. The third kappa shape index (κ3) is 2.84. The van der Waals surface area contributed by atoms with Crippen LogP contribution in [-0.2, 0) is 14.4 Å². The minimum absolute atomic E-state index is 0.262. The Morgan fingerprint density at radius 2 is 1.47 bits per heavy atom. The van der Waals surface area contributed by atoms with Gasteiger partial charge in [0.25, 0.3) is 5.91 Å². The average Bonchev–Trinajstić information content (AvgIpc) is 3.31.